The molecule has 3 N–H and O–H groups in total. The van der Waals surface area contributed by atoms with Gasteiger partial charge in [-0.05, 0) is 90.4 Å². The molecule has 0 heterocycles. The zero-order chi connectivity index (χ0) is 25.9. The van der Waals surface area contributed by atoms with Crippen LogP contribution in [0.25, 0.3) is 0 Å². The highest BCUT2D eigenvalue weighted by molar-refractivity contribution is 5.88. The topological polar surface area (TPSA) is 121 Å². The maximum atomic E-state index is 12.4. The molecule has 0 radical (unpaired) electrons. The third-order valence-electron chi connectivity index (χ3n) is 11.1. The van der Waals surface area contributed by atoms with Crippen molar-refractivity contribution in [1.29, 1.82) is 0 Å². The molecule has 4 fully saturated rings. The summed E-state index contributed by atoms with van der Waals surface area (Å²) in [6.07, 6.45) is 3.62. The van der Waals surface area contributed by atoms with Crippen molar-refractivity contribution in [2.24, 2.45) is 39.9 Å². The molecule has 4 aliphatic rings. The fourth-order valence-electron chi connectivity index (χ4n) is 9.49. The number of hydrogen-bond donors (Lipinski definition) is 3. The number of fused-ring (bicyclic) bond motifs is 5. The van der Waals surface area contributed by atoms with Gasteiger partial charge in [0.2, 0.25) is 0 Å². The van der Waals surface area contributed by atoms with Crippen LogP contribution in [-0.2, 0) is 19.1 Å². The Balaban J connectivity index is 1.84. The van der Waals surface area contributed by atoms with Gasteiger partial charge in [0.1, 0.15) is 12.4 Å². The molecule has 7 heteroatoms. The van der Waals surface area contributed by atoms with Gasteiger partial charge in [0.25, 0.3) is 0 Å². The lowest BCUT2D eigenvalue weighted by atomic mass is 9.36. The third kappa shape index (κ3) is 3.79. The highest BCUT2D eigenvalue weighted by atomic mass is 16.5. The van der Waals surface area contributed by atoms with Crippen LogP contribution in [0, 0.1) is 39.9 Å². The first-order chi connectivity index (χ1) is 16.3. The van der Waals surface area contributed by atoms with Crippen LogP contribution < -0.4 is 0 Å². The highest BCUT2D eigenvalue weighted by Crippen LogP contribution is 2.74. The summed E-state index contributed by atoms with van der Waals surface area (Å²) in [7, 11) is 0. The largest absolute Gasteiger partial charge is 0.478 e. The molecule has 0 aromatic rings. The Bertz CT molecular complexity index is 926. The zero-order valence-corrected chi connectivity index (χ0v) is 21.8. The van der Waals surface area contributed by atoms with Gasteiger partial charge in [0.05, 0.1) is 12.2 Å². The number of carbonyl (C=O) groups excluding carboxylic acids is 2. The summed E-state index contributed by atoms with van der Waals surface area (Å²) < 4.78 is 5.75. The lowest BCUT2D eigenvalue weighted by Gasteiger charge is -2.69. The molecule has 0 aromatic heterocycles. The third-order valence-corrected chi connectivity index (χ3v) is 11.1. The molecule has 196 valence electrons. The molecule has 0 aromatic carbocycles. The first-order valence-corrected chi connectivity index (χ1v) is 13.2. The first-order valence-electron chi connectivity index (χ1n) is 13.2. The predicted octanol–water partition coefficient (Wildman–Crippen LogP) is 3.90. The van der Waals surface area contributed by atoms with Crippen molar-refractivity contribution in [2.75, 3.05) is 0 Å². The molecule has 0 aliphatic heterocycles. The quantitative estimate of drug-likeness (QED) is 0.304. The number of aliphatic hydroxyl groups is 2. The second-order valence-corrected chi connectivity index (χ2v) is 12.5. The number of esters is 1. The van der Waals surface area contributed by atoms with Gasteiger partial charge < -0.3 is 24.9 Å². The number of aldehydes is 1. The minimum atomic E-state index is -1.09. The van der Waals surface area contributed by atoms with Crippen LogP contribution in [0.2, 0.25) is 0 Å². The standard InChI is InChI=1S/C28H42O7/c1-15-18-8-11-27(4)24(26(18,3)10-9-20(15)31)21(32)13-19-23(17(25(33)34)7-6-12-29)22(35-16(2)30)14-28(19,27)5/h12,15,18-22,24,31-32H,6-11,13-14H2,1-5H3,(H,33,34)/b23-17-/t15-,18-,19-,20+,21+,22-,24-,26-,27-,28-/m0/s1. The summed E-state index contributed by atoms with van der Waals surface area (Å²) in [4.78, 5) is 35.5. The first kappa shape index (κ1) is 26.3. The van der Waals surface area contributed by atoms with E-state index in [1.54, 1.807) is 0 Å². The molecule has 10 atom stereocenters. The van der Waals surface area contributed by atoms with E-state index in [9.17, 15) is 29.7 Å². The lowest BCUT2D eigenvalue weighted by molar-refractivity contribution is -0.234. The Morgan fingerprint density at radius 2 is 1.77 bits per heavy atom. The zero-order valence-electron chi connectivity index (χ0n) is 21.8. The summed E-state index contributed by atoms with van der Waals surface area (Å²) >= 11 is 0. The lowest BCUT2D eigenvalue weighted by Crippen LogP contribution is -2.65. The molecule has 0 amide bonds. The van der Waals surface area contributed by atoms with Crippen molar-refractivity contribution in [2.45, 2.75) is 104 Å². The fraction of sp³-hybridized carbons (Fsp3) is 0.821. The number of aliphatic carboxylic acids is 1. The number of rotatable bonds is 5. The maximum absolute atomic E-state index is 12.4. The maximum Gasteiger partial charge on any atom is 0.331 e. The second kappa shape index (κ2) is 8.98. The molecular weight excluding hydrogens is 448 g/mol. The van der Waals surface area contributed by atoms with Crippen molar-refractivity contribution in [3.05, 3.63) is 11.1 Å². The summed E-state index contributed by atoms with van der Waals surface area (Å²) in [6, 6.07) is 0. The van der Waals surface area contributed by atoms with Crippen LogP contribution in [0.3, 0.4) is 0 Å². The van der Waals surface area contributed by atoms with Crippen molar-refractivity contribution >= 4 is 18.2 Å². The minimum absolute atomic E-state index is 0.00512. The molecular formula is C28H42O7. The Morgan fingerprint density at radius 3 is 2.37 bits per heavy atom. The summed E-state index contributed by atoms with van der Waals surface area (Å²) in [5, 5.41) is 32.5. The average Bonchev–Trinajstić information content (AvgIpc) is 3.03. The van der Waals surface area contributed by atoms with Gasteiger partial charge in [-0.15, -0.1) is 0 Å². The Hall–Kier alpha value is -1.73. The van der Waals surface area contributed by atoms with E-state index in [0.717, 1.165) is 25.7 Å². The van der Waals surface area contributed by atoms with Crippen LogP contribution >= 0.6 is 0 Å². The number of carboxylic acids is 1. The van der Waals surface area contributed by atoms with E-state index in [1.807, 2.05) is 0 Å². The van der Waals surface area contributed by atoms with E-state index >= 15 is 0 Å². The van der Waals surface area contributed by atoms with Gasteiger partial charge in [0, 0.05) is 18.9 Å². The van der Waals surface area contributed by atoms with Crippen molar-refractivity contribution in [1.82, 2.24) is 0 Å². The molecule has 35 heavy (non-hydrogen) atoms. The monoisotopic (exact) mass is 490 g/mol. The predicted molar refractivity (Wildman–Crippen MR) is 129 cm³/mol. The van der Waals surface area contributed by atoms with Crippen LogP contribution in [0.1, 0.15) is 86.0 Å². The Morgan fingerprint density at radius 1 is 1.09 bits per heavy atom. The SMILES string of the molecule is CC(=O)O[C@H]1C[C@@]2(C)[C@@H](C[C@@H](O)[C@H]3[C@@]4(C)CC[C@@H](O)[C@@H](C)[C@@H]4CC[C@@]32C)/C1=C(\CCC=O)C(=O)O. The van der Waals surface area contributed by atoms with Crippen LogP contribution in [0.4, 0.5) is 0 Å². The van der Waals surface area contributed by atoms with Gasteiger partial charge in [-0.25, -0.2) is 4.79 Å². The smallest absolute Gasteiger partial charge is 0.331 e. The molecule has 4 saturated carbocycles. The van der Waals surface area contributed by atoms with E-state index in [4.69, 9.17) is 4.74 Å². The van der Waals surface area contributed by atoms with Crippen molar-refractivity contribution in [3.63, 3.8) is 0 Å². The number of aliphatic hydroxyl groups excluding tert-OH is 2. The van der Waals surface area contributed by atoms with Gasteiger partial charge in [-0.3, -0.25) is 4.79 Å². The Kier molecular flexibility index (Phi) is 6.76. The number of hydrogen-bond acceptors (Lipinski definition) is 6. The van der Waals surface area contributed by atoms with E-state index in [-0.39, 0.29) is 58.5 Å². The van der Waals surface area contributed by atoms with E-state index in [0.29, 0.717) is 30.6 Å². The second-order valence-electron chi connectivity index (χ2n) is 12.5. The number of ether oxygens (including phenoxy) is 1. The molecule has 0 bridgehead atoms. The summed E-state index contributed by atoms with van der Waals surface area (Å²) in [6.45, 7) is 10.2. The van der Waals surface area contributed by atoms with Crippen LogP contribution in [-0.4, -0.2) is 51.9 Å². The molecule has 0 saturated heterocycles. The van der Waals surface area contributed by atoms with Crippen LogP contribution in [0.15, 0.2) is 11.1 Å². The molecule has 4 aliphatic carbocycles. The van der Waals surface area contributed by atoms with Crippen LogP contribution in [0.5, 0.6) is 0 Å². The van der Waals surface area contributed by atoms with Crippen molar-refractivity contribution in [3.8, 4) is 0 Å². The summed E-state index contributed by atoms with van der Waals surface area (Å²) in [5.74, 6) is -1.29. The number of carbonyl (C=O) groups is 3. The van der Waals surface area contributed by atoms with Gasteiger partial charge in [-0.2, -0.15) is 0 Å². The van der Waals surface area contributed by atoms with E-state index in [2.05, 4.69) is 27.7 Å². The normalized spacial score (nSPS) is 48.3. The van der Waals surface area contributed by atoms with E-state index in [1.165, 1.54) is 6.92 Å². The minimum Gasteiger partial charge on any atom is -0.478 e. The summed E-state index contributed by atoms with van der Waals surface area (Å²) in [5.41, 5.74) is -0.0511. The Labute approximate surface area is 208 Å². The molecule has 4 rings (SSSR count). The van der Waals surface area contributed by atoms with E-state index < -0.39 is 24.1 Å². The van der Waals surface area contributed by atoms with Gasteiger partial charge >= 0.3 is 11.9 Å². The molecule has 0 spiro atoms. The van der Waals surface area contributed by atoms with Gasteiger partial charge in [-0.1, -0.05) is 27.7 Å². The molecule has 7 nitrogen and oxygen atoms in total. The van der Waals surface area contributed by atoms with Gasteiger partial charge in [0.15, 0.2) is 0 Å². The number of carboxylic acid groups (broad SMARTS) is 1. The molecule has 0 unspecified atom stereocenters. The average molecular weight is 491 g/mol. The fourth-order valence-corrected chi connectivity index (χ4v) is 9.49. The van der Waals surface area contributed by atoms with Crippen molar-refractivity contribution < 1.29 is 34.4 Å². The highest BCUT2D eigenvalue weighted by Gasteiger charge is 2.70.